The summed E-state index contributed by atoms with van der Waals surface area (Å²) in [6.45, 7) is 6.33. The average molecular weight is 1050 g/mol. The van der Waals surface area contributed by atoms with Crippen LogP contribution < -0.4 is 0 Å². The van der Waals surface area contributed by atoms with Crippen molar-refractivity contribution >= 4 is 17.9 Å². The molecular formula is C70H110O6. The van der Waals surface area contributed by atoms with Crippen LogP contribution in [0.4, 0.5) is 0 Å². The van der Waals surface area contributed by atoms with E-state index in [9.17, 15) is 14.4 Å². The van der Waals surface area contributed by atoms with Gasteiger partial charge in [-0.05, 0) is 122 Å². The van der Waals surface area contributed by atoms with E-state index in [1.165, 1.54) is 57.8 Å². The zero-order valence-corrected chi connectivity index (χ0v) is 48.7. The lowest BCUT2D eigenvalue weighted by atomic mass is 10.0. The molecule has 0 aromatic carbocycles. The van der Waals surface area contributed by atoms with Crippen LogP contribution in [0, 0.1) is 0 Å². The molecule has 0 saturated carbocycles. The SMILES string of the molecule is CC/C=C\C/C=C\C/C=C\C/C=C\C/C=C\C/C=C\C/C=C\CCCC(=O)OCC(COC(=O)CCCCCCCCCCCCCC)OC(=O)CCCCCC/C=C\C/C=C\C/C=C\C/C=C\C/C=C\C/C=C\CC. The van der Waals surface area contributed by atoms with E-state index in [0.717, 1.165) is 141 Å². The molecular weight excluding hydrogens is 937 g/mol. The number of rotatable bonds is 53. The van der Waals surface area contributed by atoms with Crippen molar-refractivity contribution in [2.24, 2.45) is 0 Å². The number of hydrogen-bond donors (Lipinski definition) is 0. The van der Waals surface area contributed by atoms with Crippen molar-refractivity contribution in [1.82, 2.24) is 0 Å². The van der Waals surface area contributed by atoms with E-state index in [1.54, 1.807) is 0 Å². The molecule has 1 unspecified atom stereocenters. The number of carbonyl (C=O) groups excluding carboxylic acids is 3. The highest BCUT2D eigenvalue weighted by molar-refractivity contribution is 5.71. The van der Waals surface area contributed by atoms with E-state index in [1.807, 2.05) is 0 Å². The minimum atomic E-state index is -0.822. The Labute approximate surface area is 467 Å². The predicted octanol–water partition coefficient (Wildman–Crippen LogP) is 20.9. The Morgan fingerprint density at radius 1 is 0.276 bits per heavy atom. The summed E-state index contributed by atoms with van der Waals surface area (Å²) in [5, 5.41) is 0. The lowest BCUT2D eigenvalue weighted by Crippen LogP contribution is -2.30. The number of unbranched alkanes of at least 4 members (excludes halogenated alkanes) is 16. The number of esters is 3. The molecule has 6 nitrogen and oxygen atoms in total. The summed E-state index contributed by atoms with van der Waals surface area (Å²) in [6.07, 6.45) is 91.0. The smallest absolute Gasteiger partial charge is 0.306 e. The summed E-state index contributed by atoms with van der Waals surface area (Å²) in [5.74, 6) is -1.00. The number of hydrogen-bond acceptors (Lipinski definition) is 6. The van der Waals surface area contributed by atoms with E-state index in [0.29, 0.717) is 12.8 Å². The molecule has 0 N–H and O–H groups in total. The van der Waals surface area contributed by atoms with Crippen LogP contribution in [0.5, 0.6) is 0 Å². The summed E-state index contributed by atoms with van der Waals surface area (Å²) < 4.78 is 16.8. The fourth-order valence-corrected chi connectivity index (χ4v) is 7.79. The lowest BCUT2D eigenvalue weighted by molar-refractivity contribution is -0.167. The molecule has 6 heteroatoms. The maximum Gasteiger partial charge on any atom is 0.306 e. The fourth-order valence-electron chi connectivity index (χ4n) is 7.79. The third-order valence-electron chi connectivity index (χ3n) is 12.3. The largest absolute Gasteiger partial charge is 0.462 e. The molecule has 0 fully saturated rings. The van der Waals surface area contributed by atoms with Gasteiger partial charge in [-0.15, -0.1) is 0 Å². The van der Waals surface area contributed by atoms with Crippen molar-refractivity contribution in [2.75, 3.05) is 13.2 Å². The standard InChI is InChI=1S/C70H110O6/c1-4-7-10-13-16-19-22-25-27-29-31-33-35-37-39-41-43-45-48-51-54-57-60-63-69(72)75-66-67(65-74-68(71)62-59-56-53-50-47-24-21-18-15-12-9-6-3)76-70(73)64-61-58-55-52-49-46-44-42-40-38-36-34-32-30-28-26-23-20-17-14-11-8-5-2/h7-8,10-11,16-17,19-20,25-28,31-34,37-40,43-46,51,54,67H,4-6,9,12-15,18,21-24,29-30,35-36,41-42,47-50,52-53,55-66H2,1-3H3/b10-7-,11-8-,19-16-,20-17-,27-25-,28-26-,33-31-,34-32-,39-37-,40-38-,45-43-,46-44-,54-51-. The van der Waals surface area contributed by atoms with Crippen LogP contribution in [-0.4, -0.2) is 37.2 Å². The Kier molecular flexibility index (Phi) is 58.5. The molecule has 0 spiro atoms. The second-order valence-corrected chi connectivity index (χ2v) is 19.5. The van der Waals surface area contributed by atoms with Gasteiger partial charge in [-0.1, -0.05) is 262 Å². The second kappa shape index (κ2) is 62.6. The van der Waals surface area contributed by atoms with Crippen LogP contribution in [-0.2, 0) is 28.6 Å². The maximum absolute atomic E-state index is 12.9. The van der Waals surface area contributed by atoms with Crippen LogP contribution >= 0.6 is 0 Å². The quantitative estimate of drug-likeness (QED) is 0.0261. The van der Waals surface area contributed by atoms with Gasteiger partial charge in [0.1, 0.15) is 13.2 Å². The van der Waals surface area contributed by atoms with Crippen LogP contribution in [0.25, 0.3) is 0 Å². The Hall–Kier alpha value is -4.97. The molecule has 0 radical (unpaired) electrons. The molecule has 0 saturated heterocycles. The van der Waals surface area contributed by atoms with E-state index < -0.39 is 6.10 Å². The van der Waals surface area contributed by atoms with Crippen molar-refractivity contribution in [2.45, 2.75) is 252 Å². The molecule has 0 aromatic heterocycles. The molecule has 0 aliphatic carbocycles. The monoisotopic (exact) mass is 1050 g/mol. The first-order valence-electron chi connectivity index (χ1n) is 30.5. The highest BCUT2D eigenvalue weighted by Crippen LogP contribution is 2.14. The molecule has 1 atom stereocenters. The minimum Gasteiger partial charge on any atom is -0.462 e. The number of allylic oxidation sites excluding steroid dienone is 26. The lowest BCUT2D eigenvalue weighted by Gasteiger charge is -2.18. The van der Waals surface area contributed by atoms with Gasteiger partial charge < -0.3 is 14.2 Å². The molecule has 0 aromatic rings. The van der Waals surface area contributed by atoms with Crippen LogP contribution in [0.1, 0.15) is 245 Å². The Morgan fingerprint density at radius 2 is 0.526 bits per heavy atom. The molecule has 76 heavy (non-hydrogen) atoms. The predicted molar refractivity (Wildman–Crippen MR) is 329 cm³/mol. The van der Waals surface area contributed by atoms with Gasteiger partial charge in [0.15, 0.2) is 6.10 Å². The first-order chi connectivity index (χ1) is 37.5. The number of ether oxygens (including phenoxy) is 3. The molecule has 0 rings (SSSR count). The first kappa shape index (κ1) is 71.0. The first-order valence-corrected chi connectivity index (χ1v) is 30.5. The normalized spacial score (nSPS) is 13.2. The minimum absolute atomic E-state index is 0.112. The van der Waals surface area contributed by atoms with Crippen molar-refractivity contribution in [3.63, 3.8) is 0 Å². The van der Waals surface area contributed by atoms with Crippen molar-refractivity contribution in [1.29, 1.82) is 0 Å². The summed E-state index contributed by atoms with van der Waals surface area (Å²) in [7, 11) is 0. The second-order valence-electron chi connectivity index (χ2n) is 19.5. The van der Waals surface area contributed by atoms with Gasteiger partial charge >= 0.3 is 17.9 Å². The molecule has 0 amide bonds. The van der Waals surface area contributed by atoms with Gasteiger partial charge in [0.25, 0.3) is 0 Å². The van der Waals surface area contributed by atoms with E-state index in [2.05, 4.69) is 179 Å². The molecule has 0 aliphatic heterocycles. The Balaban J connectivity index is 4.53. The van der Waals surface area contributed by atoms with E-state index in [-0.39, 0.29) is 44.0 Å². The van der Waals surface area contributed by atoms with Crippen LogP contribution in [0.3, 0.4) is 0 Å². The van der Waals surface area contributed by atoms with Gasteiger partial charge in [0, 0.05) is 19.3 Å². The third kappa shape index (κ3) is 59.9. The van der Waals surface area contributed by atoms with Gasteiger partial charge in [0.2, 0.25) is 0 Å². The van der Waals surface area contributed by atoms with E-state index >= 15 is 0 Å². The maximum atomic E-state index is 12.9. The zero-order chi connectivity index (χ0) is 55.0. The van der Waals surface area contributed by atoms with Gasteiger partial charge in [0.05, 0.1) is 0 Å². The third-order valence-corrected chi connectivity index (χ3v) is 12.3. The van der Waals surface area contributed by atoms with Crippen molar-refractivity contribution in [3.05, 3.63) is 158 Å². The van der Waals surface area contributed by atoms with Gasteiger partial charge in [-0.2, -0.15) is 0 Å². The topological polar surface area (TPSA) is 78.9 Å². The number of carbonyl (C=O) groups is 3. The van der Waals surface area contributed by atoms with Crippen LogP contribution in [0.2, 0.25) is 0 Å². The highest BCUT2D eigenvalue weighted by atomic mass is 16.6. The highest BCUT2D eigenvalue weighted by Gasteiger charge is 2.19. The zero-order valence-electron chi connectivity index (χ0n) is 48.7. The Bertz CT molecular complexity index is 1720. The van der Waals surface area contributed by atoms with Crippen molar-refractivity contribution in [3.8, 4) is 0 Å². The Morgan fingerprint density at radius 3 is 0.855 bits per heavy atom. The molecule has 0 bridgehead atoms. The van der Waals surface area contributed by atoms with Crippen LogP contribution in [0.15, 0.2) is 158 Å². The van der Waals surface area contributed by atoms with Gasteiger partial charge in [-0.3, -0.25) is 14.4 Å². The van der Waals surface area contributed by atoms with Gasteiger partial charge in [-0.25, -0.2) is 0 Å². The van der Waals surface area contributed by atoms with E-state index in [4.69, 9.17) is 14.2 Å². The fraction of sp³-hybridized carbons (Fsp3) is 0.586. The summed E-state index contributed by atoms with van der Waals surface area (Å²) >= 11 is 0. The van der Waals surface area contributed by atoms with Crippen molar-refractivity contribution < 1.29 is 28.6 Å². The molecule has 0 aliphatic rings. The summed E-state index contributed by atoms with van der Waals surface area (Å²) in [5.41, 5.74) is 0. The average Bonchev–Trinajstić information content (AvgIpc) is 3.42. The molecule has 426 valence electrons. The molecule has 0 heterocycles. The summed E-state index contributed by atoms with van der Waals surface area (Å²) in [6, 6.07) is 0. The summed E-state index contributed by atoms with van der Waals surface area (Å²) in [4.78, 5) is 38.2.